The van der Waals surface area contributed by atoms with E-state index in [9.17, 15) is 0 Å². The second-order valence-corrected chi connectivity index (χ2v) is 7.18. The maximum Gasteiger partial charge on any atom is 0.171 e. The van der Waals surface area contributed by atoms with Gasteiger partial charge in [0.2, 0.25) is 0 Å². The fraction of sp³-hybridized carbons (Fsp3) is 0.381. The van der Waals surface area contributed by atoms with E-state index in [1.165, 1.54) is 42.6 Å². The molecule has 132 valence electrons. The molecule has 0 spiro atoms. The van der Waals surface area contributed by atoms with Gasteiger partial charge in [-0.1, -0.05) is 49.4 Å². The molecule has 0 unspecified atom stereocenters. The molecule has 3 nitrogen and oxygen atoms in total. The van der Waals surface area contributed by atoms with Crippen LogP contribution in [0.1, 0.15) is 36.5 Å². The molecule has 0 amide bonds. The molecule has 1 heterocycles. The van der Waals surface area contributed by atoms with Gasteiger partial charge in [-0.2, -0.15) is 0 Å². The monoisotopic (exact) mass is 354 g/mol. The maximum absolute atomic E-state index is 5.44. The van der Waals surface area contributed by atoms with Crippen molar-refractivity contribution in [2.75, 3.05) is 18.4 Å². The molecule has 25 heavy (non-hydrogen) atoms. The smallest absolute Gasteiger partial charge is 0.171 e. The van der Waals surface area contributed by atoms with Crippen molar-refractivity contribution in [1.29, 1.82) is 0 Å². The average Bonchev–Trinajstić information content (AvgIpc) is 3.15. The molecule has 1 saturated heterocycles. The second-order valence-electron chi connectivity index (χ2n) is 6.77. The lowest BCUT2D eigenvalue weighted by atomic mass is 10.1. The van der Waals surface area contributed by atoms with E-state index < -0.39 is 0 Å². The van der Waals surface area contributed by atoms with Gasteiger partial charge >= 0.3 is 0 Å². The van der Waals surface area contributed by atoms with Gasteiger partial charge in [0.05, 0.1) is 13.1 Å². The van der Waals surface area contributed by atoms with Crippen LogP contribution < -0.4 is 15.5 Å². The lowest BCUT2D eigenvalue weighted by Gasteiger charge is -2.14. The molecule has 4 heteroatoms. The van der Waals surface area contributed by atoms with Crippen LogP contribution in [0.15, 0.2) is 48.5 Å². The minimum absolute atomic E-state index is 0.673. The number of hydrogen-bond donors (Lipinski definition) is 3. The molecule has 0 aromatic heterocycles. The summed E-state index contributed by atoms with van der Waals surface area (Å²) in [6.45, 7) is 6.70. The summed E-state index contributed by atoms with van der Waals surface area (Å²) in [5, 5.41) is 7.29. The number of aryl methyl sites for hydroxylation is 1. The molecule has 2 aromatic rings. The third-order valence-electron chi connectivity index (χ3n) is 4.89. The van der Waals surface area contributed by atoms with E-state index in [-0.39, 0.29) is 0 Å². The fourth-order valence-corrected chi connectivity index (χ4v) is 3.60. The number of benzene rings is 2. The van der Waals surface area contributed by atoms with Crippen molar-refractivity contribution in [2.45, 2.75) is 39.3 Å². The minimum Gasteiger partial charge on any atom is -0.358 e. The van der Waals surface area contributed by atoms with Crippen LogP contribution in [0.2, 0.25) is 0 Å². The summed E-state index contributed by atoms with van der Waals surface area (Å²) in [7, 11) is 0. The summed E-state index contributed by atoms with van der Waals surface area (Å²) in [6.07, 6.45) is 3.75. The van der Waals surface area contributed by atoms with Crippen molar-refractivity contribution in [2.24, 2.45) is 0 Å². The zero-order valence-corrected chi connectivity index (χ0v) is 15.8. The largest absolute Gasteiger partial charge is 0.358 e. The molecule has 0 saturated carbocycles. The van der Waals surface area contributed by atoms with Gasteiger partial charge in [0, 0.05) is 30.6 Å². The summed E-state index contributed by atoms with van der Waals surface area (Å²) in [5.41, 5.74) is 5.05. The number of likely N-dealkylation sites (tertiary alicyclic amines) is 1. The van der Waals surface area contributed by atoms with Gasteiger partial charge < -0.3 is 15.5 Å². The van der Waals surface area contributed by atoms with E-state index in [1.807, 2.05) is 6.07 Å². The molecule has 3 N–H and O–H groups in total. The van der Waals surface area contributed by atoms with Gasteiger partial charge in [0.1, 0.15) is 6.54 Å². The normalized spacial score (nSPS) is 14.4. The molecule has 0 bridgehead atoms. The van der Waals surface area contributed by atoms with Gasteiger partial charge in [-0.3, -0.25) is 0 Å². The molecule has 1 aliphatic heterocycles. The molecule has 0 atom stereocenters. The van der Waals surface area contributed by atoms with Gasteiger partial charge in [-0.25, -0.2) is 0 Å². The molecular formula is C21H28N3S+. The van der Waals surface area contributed by atoms with Gasteiger partial charge in [0.25, 0.3) is 0 Å². The van der Waals surface area contributed by atoms with Crippen LogP contribution in [0.5, 0.6) is 0 Å². The number of quaternary nitrogens is 1. The molecule has 0 radical (unpaired) electrons. The highest BCUT2D eigenvalue weighted by Crippen LogP contribution is 2.15. The van der Waals surface area contributed by atoms with E-state index in [0.717, 1.165) is 25.2 Å². The van der Waals surface area contributed by atoms with E-state index in [1.54, 1.807) is 4.90 Å². The molecule has 1 fully saturated rings. The van der Waals surface area contributed by atoms with E-state index in [2.05, 4.69) is 60.0 Å². The topological polar surface area (TPSA) is 28.5 Å². The lowest BCUT2D eigenvalue weighted by Crippen LogP contribution is -3.08. The second kappa shape index (κ2) is 8.97. The number of para-hydroxylation sites is 1. The maximum atomic E-state index is 5.44. The van der Waals surface area contributed by atoms with Gasteiger partial charge in [-0.05, 0) is 35.8 Å². The SMILES string of the molecule is CCc1ccccc1NC(=S)NCc1ccc(C[NH+]2CCCC2)cc1. The van der Waals surface area contributed by atoms with Crippen molar-refractivity contribution in [1.82, 2.24) is 5.32 Å². The Bertz CT molecular complexity index is 691. The Kier molecular flexibility index (Phi) is 6.42. The molecule has 3 rings (SSSR count). The van der Waals surface area contributed by atoms with Crippen molar-refractivity contribution in [3.8, 4) is 0 Å². The number of rotatable bonds is 6. The van der Waals surface area contributed by atoms with Crippen LogP contribution in [0.25, 0.3) is 0 Å². The van der Waals surface area contributed by atoms with Crippen molar-refractivity contribution in [3.63, 3.8) is 0 Å². The number of anilines is 1. The Labute approximate surface area is 156 Å². The first-order chi connectivity index (χ1) is 12.2. The minimum atomic E-state index is 0.673. The quantitative estimate of drug-likeness (QED) is 0.697. The Morgan fingerprint density at radius 1 is 1.00 bits per heavy atom. The van der Waals surface area contributed by atoms with Crippen LogP contribution >= 0.6 is 12.2 Å². The van der Waals surface area contributed by atoms with Crippen LogP contribution in [0.3, 0.4) is 0 Å². The molecule has 2 aromatic carbocycles. The zero-order chi connectivity index (χ0) is 17.5. The Hall–Kier alpha value is -1.91. The standard InChI is InChI=1S/C21H27N3S/c1-2-19-7-3-4-8-20(19)23-21(25)22-15-17-9-11-18(12-10-17)16-24-13-5-6-14-24/h3-4,7-12H,2,5-6,13-16H2,1H3,(H2,22,23,25)/p+1. The van der Waals surface area contributed by atoms with Gasteiger partial charge in [0.15, 0.2) is 5.11 Å². The Balaban J connectivity index is 1.48. The van der Waals surface area contributed by atoms with E-state index in [4.69, 9.17) is 12.2 Å². The number of thiocarbonyl (C=S) groups is 1. The predicted molar refractivity (Wildman–Crippen MR) is 109 cm³/mol. The summed E-state index contributed by atoms with van der Waals surface area (Å²) < 4.78 is 0. The predicted octanol–water partition coefficient (Wildman–Crippen LogP) is 2.91. The third-order valence-corrected chi connectivity index (χ3v) is 5.13. The first-order valence-electron chi connectivity index (χ1n) is 9.28. The highest BCUT2D eigenvalue weighted by Gasteiger charge is 2.15. The van der Waals surface area contributed by atoms with E-state index in [0.29, 0.717) is 5.11 Å². The van der Waals surface area contributed by atoms with Crippen LogP contribution in [-0.4, -0.2) is 18.2 Å². The summed E-state index contributed by atoms with van der Waals surface area (Å²) in [4.78, 5) is 1.71. The highest BCUT2D eigenvalue weighted by molar-refractivity contribution is 7.80. The third kappa shape index (κ3) is 5.28. The molecule has 1 aliphatic rings. The van der Waals surface area contributed by atoms with Crippen molar-refractivity contribution >= 4 is 23.0 Å². The summed E-state index contributed by atoms with van der Waals surface area (Å²) >= 11 is 5.44. The summed E-state index contributed by atoms with van der Waals surface area (Å²) in [6, 6.07) is 17.2. The highest BCUT2D eigenvalue weighted by atomic mass is 32.1. The molecular weight excluding hydrogens is 326 g/mol. The van der Waals surface area contributed by atoms with Crippen molar-refractivity contribution < 1.29 is 4.90 Å². The lowest BCUT2D eigenvalue weighted by molar-refractivity contribution is -0.901. The first-order valence-corrected chi connectivity index (χ1v) is 9.69. The van der Waals surface area contributed by atoms with Gasteiger partial charge in [-0.15, -0.1) is 0 Å². The fourth-order valence-electron chi connectivity index (χ4n) is 3.41. The number of hydrogen-bond acceptors (Lipinski definition) is 1. The van der Waals surface area contributed by atoms with Crippen molar-refractivity contribution in [3.05, 3.63) is 65.2 Å². The molecule has 0 aliphatic carbocycles. The number of nitrogens with one attached hydrogen (secondary N) is 3. The van der Waals surface area contributed by atoms with Crippen LogP contribution in [0, 0.1) is 0 Å². The first kappa shape index (κ1) is 17.9. The van der Waals surface area contributed by atoms with Crippen LogP contribution in [0.4, 0.5) is 5.69 Å². The summed E-state index contributed by atoms with van der Waals surface area (Å²) in [5.74, 6) is 0. The zero-order valence-electron chi connectivity index (χ0n) is 15.0. The Morgan fingerprint density at radius 2 is 1.68 bits per heavy atom. The van der Waals surface area contributed by atoms with Crippen LogP contribution in [-0.2, 0) is 19.5 Å². The van der Waals surface area contributed by atoms with E-state index >= 15 is 0 Å². The average molecular weight is 355 g/mol. The Morgan fingerprint density at radius 3 is 2.40 bits per heavy atom.